The van der Waals surface area contributed by atoms with Gasteiger partial charge in [0.1, 0.15) is 0 Å². The highest BCUT2D eigenvalue weighted by atomic mass is 32.2. The maximum Gasteiger partial charge on any atom is 0.0783 e. The van der Waals surface area contributed by atoms with E-state index in [9.17, 15) is 0 Å². The van der Waals surface area contributed by atoms with E-state index in [1.165, 1.54) is 62.9 Å². The van der Waals surface area contributed by atoms with E-state index in [0.717, 1.165) is 12.5 Å². The second kappa shape index (κ2) is 5.57. The molecule has 1 saturated carbocycles. The van der Waals surface area contributed by atoms with Crippen molar-refractivity contribution in [3.05, 3.63) is 0 Å². The molecule has 3 rings (SSSR count). The van der Waals surface area contributed by atoms with Gasteiger partial charge in [0.15, 0.2) is 0 Å². The summed E-state index contributed by atoms with van der Waals surface area (Å²) in [5, 5.41) is 0. The summed E-state index contributed by atoms with van der Waals surface area (Å²) in [7, 11) is 0. The van der Waals surface area contributed by atoms with Gasteiger partial charge in [-0.3, -0.25) is 0 Å². The fraction of sp³-hybridized carbons (Fsp3) is 1.00. The summed E-state index contributed by atoms with van der Waals surface area (Å²) < 4.78 is 6.17. The molecular formula is C16H29NOS. The second-order valence-electron chi connectivity index (χ2n) is 7.13. The van der Waals surface area contributed by atoms with Crippen molar-refractivity contribution in [2.45, 2.75) is 69.4 Å². The Labute approximate surface area is 122 Å². The van der Waals surface area contributed by atoms with E-state index in [4.69, 9.17) is 10.5 Å². The fourth-order valence-electron chi connectivity index (χ4n) is 4.56. The topological polar surface area (TPSA) is 35.2 Å². The van der Waals surface area contributed by atoms with Crippen molar-refractivity contribution in [1.29, 1.82) is 0 Å². The zero-order valence-electron chi connectivity index (χ0n) is 12.3. The summed E-state index contributed by atoms with van der Waals surface area (Å²) in [6, 6.07) is 0. The van der Waals surface area contributed by atoms with E-state index >= 15 is 0 Å². The van der Waals surface area contributed by atoms with E-state index < -0.39 is 0 Å². The lowest BCUT2D eigenvalue weighted by Crippen LogP contribution is -2.55. The van der Waals surface area contributed by atoms with Crippen LogP contribution in [-0.4, -0.2) is 29.3 Å². The van der Waals surface area contributed by atoms with Crippen molar-refractivity contribution in [2.24, 2.45) is 17.6 Å². The second-order valence-corrected chi connectivity index (χ2v) is 8.23. The monoisotopic (exact) mass is 283 g/mol. The molecule has 19 heavy (non-hydrogen) atoms. The van der Waals surface area contributed by atoms with Gasteiger partial charge in [0.25, 0.3) is 0 Å². The van der Waals surface area contributed by atoms with Crippen LogP contribution < -0.4 is 5.73 Å². The first-order valence-electron chi connectivity index (χ1n) is 8.16. The number of rotatable bonds is 2. The van der Waals surface area contributed by atoms with Crippen LogP contribution in [0, 0.1) is 11.8 Å². The van der Waals surface area contributed by atoms with Gasteiger partial charge in [-0.2, -0.15) is 11.8 Å². The minimum Gasteiger partial charge on any atom is -0.374 e. The maximum atomic E-state index is 6.89. The van der Waals surface area contributed by atoms with Crippen molar-refractivity contribution in [2.75, 3.05) is 18.1 Å². The zero-order chi connectivity index (χ0) is 13.3. The van der Waals surface area contributed by atoms with Gasteiger partial charge in [-0.15, -0.1) is 0 Å². The number of nitrogens with two attached hydrogens (primary N) is 1. The standard InChI is InChI=1S/C16H29NOS/c1-2-13-4-3-6-16(17,10-13)14-5-8-18-15(11-14)7-9-19-12-15/h13-14H,2-12,17H2,1H3. The van der Waals surface area contributed by atoms with Crippen LogP contribution in [0.3, 0.4) is 0 Å². The summed E-state index contributed by atoms with van der Waals surface area (Å²) in [4.78, 5) is 0. The van der Waals surface area contributed by atoms with Crippen LogP contribution >= 0.6 is 11.8 Å². The van der Waals surface area contributed by atoms with Gasteiger partial charge in [0.05, 0.1) is 5.60 Å². The highest BCUT2D eigenvalue weighted by Gasteiger charge is 2.47. The van der Waals surface area contributed by atoms with Crippen LogP contribution in [0.2, 0.25) is 0 Å². The normalized spacial score (nSPS) is 47.7. The van der Waals surface area contributed by atoms with Gasteiger partial charge in [-0.1, -0.05) is 26.2 Å². The van der Waals surface area contributed by atoms with E-state index in [1.807, 2.05) is 0 Å². The number of hydrogen-bond acceptors (Lipinski definition) is 3. The first kappa shape index (κ1) is 14.2. The Morgan fingerprint density at radius 3 is 2.89 bits per heavy atom. The van der Waals surface area contributed by atoms with E-state index in [2.05, 4.69) is 18.7 Å². The van der Waals surface area contributed by atoms with Crippen LogP contribution in [0.15, 0.2) is 0 Å². The van der Waals surface area contributed by atoms with Crippen LogP contribution in [-0.2, 0) is 4.74 Å². The molecule has 2 N–H and O–H groups in total. The minimum atomic E-state index is 0.114. The smallest absolute Gasteiger partial charge is 0.0783 e. The highest BCUT2D eigenvalue weighted by molar-refractivity contribution is 7.99. The molecule has 2 aliphatic heterocycles. The largest absolute Gasteiger partial charge is 0.374 e. The average molecular weight is 283 g/mol. The molecule has 0 amide bonds. The molecule has 3 aliphatic rings. The third kappa shape index (κ3) is 2.84. The number of thioether (sulfide) groups is 1. The van der Waals surface area contributed by atoms with Gasteiger partial charge in [-0.25, -0.2) is 0 Å². The lowest BCUT2D eigenvalue weighted by Gasteiger charge is -2.49. The van der Waals surface area contributed by atoms with Gasteiger partial charge < -0.3 is 10.5 Å². The molecule has 4 atom stereocenters. The average Bonchev–Trinajstić information content (AvgIpc) is 2.87. The summed E-state index contributed by atoms with van der Waals surface area (Å²) in [6.45, 7) is 3.27. The molecule has 1 aliphatic carbocycles. The van der Waals surface area contributed by atoms with Crippen molar-refractivity contribution in [3.63, 3.8) is 0 Å². The molecule has 110 valence electrons. The third-order valence-corrected chi connectivity index (χ3v) is 7.10. The zero-order valence-corrected chi connectivity index (χ0v) is 13.1. The first-order chi connectivity index (χ1) is 9.16. The summed E-state index contributed by atoms with van der Waals surface area (Å²) >= 11 is 2.07. The molecule has 3 heteroatoms. The summed E-state index contributed by atoms with van der Waals surface area (Å²) in [5.74, 6) is 4.06. The van der Waals surface area contributed by atoms with Crippen LogP contribution in [0.4, 0.5) is 0 Å². The predicted molar refractivity (Wildman–Crippen MR) is 82.5 cm³/mol. The Morgan fingerprint density at radius 1 is 1.26 bits per heavy atom. The van der Waals surface area contributed by atoms with Crippen LogP contribution in [0.1, 0.15) is 58.3 Å². The van der Waals surface area contributed by atoms with Crippen molar-refractivity contribution in [3.8, 4) is 0 Å². The Balaban J connectivity index is 1.69. The Morgan fingerprint density at radius 2 is 2.16 bits per heavy atom. The van der Waals surface area contributed by atoms with E-state index in [1.54, 1.807) is 0 Å². The van der Waals surface area contributed by atoms with Crippen LogP contribution in [0.5, 0.6) is 0 Å². The molecule has 0 radical (unpaired) electrons. The molecule has 0 aromatic rings. The van der Waals surface area contributed by atoms with Crippen molar-refractivity contribution >= 4 is 11.8 Å². The SMILES string of the molecule is CCC1CCCC(N)(C2CCOC3(CCSC3)C2)C1. The summed E-state index contributed by atoms with van der Waals surface area (Å²) in [5.41, 5.74) is 7.20. The molecule has 2 nitrogen and oxygen atoms in total. The number of ether oxygens (including phenoxy) is 1. The molecule has 2 heterocycles. The molecule has 0 aromatic carbocycles. The molecule has 0 bridgehead atoms. The van der Waals surface area contributed by atoms with E-state index in [0.29, 0.717) is 5.92 Å². The minimum absolute atomic E-state index is 0.114. The quantitative estimate of drug-likeness (QED) is 0.841. The Bertz CT molecular complexity index is 316. The molecule has 4 unspecified atom stereocenters. The third-order valence-electron chi connectivity index (χ3n) is 5.87. The fourth-order valence-corrected chi connectivity index (χ4v) is 5.94. The molecule has 3 fully saturated rings. The van der Waals surface area contributed by atoms with Crippen LogP contribution in [0.25, 0.3) is 0 Å². The predicted octanol–water partition coefficient (Wildman–Crippen LogP) is 3.59. The molecule has 1 spiro atoms. The molecule has 0 aromatic heterocycles. The molecular weight excluding hydrogens is 254 g/mol. The van der Waals surface area contributed by atoms with E-state index in [-0.39, 0.29) is 11.1 Å². The van der Waals surface area contributed by atoms with Gasteiger partial charge >= 0.3 is 0 Å². The Kier molecular flexibility index (Phi) is 4.17. The van der Waals surface area contributed by atoms with Crippen molar-refractivity contribution < 1.29 is 4.74 Å². The van der Waals surface area contributed by atoms with Gasteiger partial charge in [0, 0.05) is 17.9 Å². The maximum absolute atomic E-state index is 6.89. The van der Waals surface area contributed by atoms with Gasteiger partial charge in [0.2, 0.25) is 0 Å². The lowest BCUT2D eigenvalue weighted by atomic mass is 9.64. The summed E-state index contributed by atoms with van der Waals surface area (Å²) in [6.07, 6.45) is 10.2. The lowest BCUT2D eigenvalue weighted by molar-refractivity contribution is -0.0975. The van der Waals surface area contributed by atoms with Crippen molar-refractivity contribution in [1.82, 2.24) is 0 Å². The van der Waals surface area contributed by atoms with Gasteiger partial charge in [-0.05, 0) is 49.7 Å². The molecule has 2 saturated heterocycles. The Hall–Kier alpha value is 0.270. The highest BCUT2D eigenvalue weighted by Crippen LogP contribution is 2.47. The number of hydrogen-bond donors (Lipinski definition) is 1. The first-order valence-corrected chi connectivity index (χ1v) is 9.32.